The van der Waals surface area contributed by atoms with E-state index in [4.69, 9.17) is 9.47 Å². The number of benzene rings is 1. The molecule has 0 aromatic heterocycles. The lowest BCUT2D eigenvalue weighted by atomic mass is 10.2. The molecule has 3 rings (SSSR count). The molecular weight excluding hydrogens is 288 g/mol. The van der Waals surface area contributed by atoms with Gasteiger partial charge in [-0.05, 0) is 18.9 Å². The number of nitro benzene ring substituents is 1. The predicted molar refractivity (Wildman–Crippen MR) is 77.5 cm³/mol. The molecule has 2 aliphatic rings. The molecule has 1 aliphatic carbocycles. The zero-order valence-electron chi connectivity index (χ0n) is 12.1. The number of nitrogens with zero attached hydrogens (tertiary/aromatic N) is 1. The van der Waals surface area contributed by atoms with Crippen LogP contribution < -0.4 is 5.32 Å². The molecule has 0 radical (unpaired) electrons. The molecule has 7 nitrogen and oxygen atoms in total. The van der Waals surface area contributed by atoms with E-state index in [0.29, 0.717) is 13.2 Å². The van der Waals surface area contributed by atoms with Crippen molar-refractivity contribution in [2.24, 2.45) is 0 Å². The van der Waals surface area contributed by atoms with Crippen molar-refractivity contribution in [3.63, 3.8) is 0 Å². The smallest absolute Gasteiger partial charge is 0.270 e. The number of rotatable bonds is 4. The molecule has 118 valence electrons. The molecule has 1 aliphatic heterocycles. The Labute approximate surface area is 127 Å². The number of carbonyl (C=O) groups is 1. The van der Waals surface area contributed by atoms with Crippen molar-refractivity contribution in [1.82, 2.24) is 5.32 Å². The SMILES string of the molecule is O=C(NCC1COC2(CCCC2)O1)c1cccc([N+](=O)[O-])c1. The molecule has 1 aromatic carbocycles. The number of hydrogen-bond donors (Lipinski definition) is 1. The second kappa shape index (κ2) is 6.02. The first-order valence-electron chi connectivity index (χ1n) is 7.42. The number of carbonyl (C=O) groups excluding carboxylic acids is 1. The predicted octanol–water partition coefficient (Wildman–Crippen LogP) is 2.01. The summed E-state index contributed by atoms with van der Waals surface area (Å²) in [6, 6.07) is 5.66. The highest BCUT2D eigenvalue weighted by Crippen LogP contribution is 2.38. The molecule has 1 aromatic rings. The highest BCUT2D eigenvalue weighted by Gasteiger charge is 2.43. The Morgan fingerprint density at radius 2 is 2.18 bits per heavy atom. The van der Waals surface area contributed by atoms with Crippen LogP contribution in [-0.4, -0.2) is 35.9 Å². The number of ether oxygens (including phenoxy) is 2. The van der Waals surface area contributed by atoms with Crippen molar-refractivity contribution < 1.29 is 19.2 Å². The molecule has 1 saturated carbocycles. The molecule has 1 atom stereocenters. The van der Waals surface area contributed by atoms with Crippen molar-refractivity contribution in [3.05, 3.63) is 39.9 Å². The number of amides is 1. The van der Waals surface area contributed by atoms with Crippen LogP contribution in [0.2, 0.25) is 0 Å². The first-order valence-corrected chi connectivity index (χ1v) is 7.42. The third-order valence-corrected chi connectivity index (χ3v) is 4.09. The molecule has 1 heterocycles. The molecule has 1 amide bonds. The maximum atomic E-state index is 12.1. The molecule has 1 saturated heterocycles. The largest absolute Gasteiger partial charge is 0.349 e. The van der Waals surface area contributed by atoms with Gasteiger partial charge >= 0.3 is 0 Å². The number of non-ortho nitro benzene ring substituents is 1. The highest BCUT2D eigenvalue weighted by atomic mass is 16.7. The fourth-order valence-electron chi connectivity index (χ4n) is 2.96. The van der Waals surface area contributed by atoms with Crippen molar-refractivity contribution in [3.8, 4) is 0 Å². The molecule has 1 spiro atoms. The lowest BCUT2D eigenvalue weighted by Gasteiger charge is -2.21. The molecule has 7 heteroatoms. The molecule has 0 bridgehead atoms. The van der Waals surface area contributed by atoms with Crippen molar-refractivity contribution in [2.45, 2.75) is 37.6 Å². The first-order chi connectivity index (χ1) is 10.6. The average Bonchev–Trinajstić information content (AvgIpc) is 3.15. The summed E-state index contributed by atoms with van der Waals surface area (Å²) >= 11 is 0. The maximum absolute atomic E-state index is 12.1. The minimum atomic E-state index is -0.519. The monoisotopic (exact) mass is 306 g/mol. The third-order valence-electron chi connectivity index (χ3n) is 4.09. The van der Waals surface area contributed by atoms with Gasteiger partial charge < -0.3 is 14.8 Å². The van der Waals surface area contributed by atoms with Crippen molar-refractivity contribution in [2.75, 3.05) is 13.2 Å². The molecule has 1 unspecified atom stereocenters. The summed E-state index contributed by atoms with van der Waals surface area (Å²) in [5.41, 5.74) is 0.168. The van der Waals surface area contributed by atoms with Crippen LogP contribution in [0, 0.1) is 10.1 Å². The van der Waals surface area contributed by atoms with Crippen molar-refractivity contribution in [1.29, 1.82) is 0 Å². The summed E-state index contributed by atoms with van der Waals surface area (Å²) in [6.45, 7) is 0.804. The molecule has 22 heavy (non-hydrogen) atoms. The van der Waals surface area contributed by atoms with Gasteiger partial charge in [-0.2, -0.15) is 0 Å². The maximum Gasteiger partial charge on any atom is 0.270 e. The Bertz CT molecular complexity index is 583. The van der Waals surface area contributed by atoms with E-state index in [2.05, 4.69) is 5.32 Å². The van der Waals surface area contributed by atoms with Gasteiger partial charge in [0.15, 0.2) is 5.79 Å². The van der Waals surface area contributed by atoms with E-state index in [9.17, 15) is 14.9 Å². The molecule has 2 fully saturated rings. The summed E-state index contributed by atoms with van der Waals surface area (Å²) in [5, 5.41) is 13.5. The van der Waals surface area contributed by atoms with Gasteiger partial charge in [-0.1, -0.05) is 6.07 Å². The lowest BCUT2D eigenvalue weighted by Crippen LogP contribution is -2.35. The quantitative estimate of drug-likeness (QED) is 0.678. The Hall–Kier alpha value is -1.99. The summed E-state index contributed by atoms with van der Waals surface area (Å²) in [7, 11) is 0. The van der Waals surface area contributed by atoms with E-state index in [1.165, 1.54) is 18.2 Å². The van der Waals surface area contributed by atoms with E-state index >= 15 is 0 Å². The van der Waals surface area contributed by atoms with E-state index in [0.717, 1.165) is 25.7 Å². The fourth-order valence-corrected chi connectivity index (χ4v) is 2.96. The Morgan fingerprint density at radius 1 is 1.41 bits per heavy atom. The minimum Gasteiger partial charge on any atom is -0.349 e. The normalized spacial score (nSPS) is 22.8. The Balaban J connectivity index is 1.54. The Kier molecular flexibility index (Phi) is 4.08. The van der Waals surface area contributed by atoms with Crippen LogP contribution >= 0.6 is 0 Å². The average molecular weight is 306 g/mol. The van der Waals surface area contributed by atoms with Gasteiger partial charge in [0, 0.05) is 37.1 Å². The number of nitro groups is 1. The summed E-state index contributed by atoms with van der Waals surface area (Å²) < 4.78 is 11.7. The van der Waals surface area contributed by atoms with Gasteiger partial charge in [0.1, 0.15) is 6.10 Å². The number of hydrogen-bond acceptors (Lipinski definition) is 5. The van der Waals surface area contributed by atoms with Crippen LogP contribution in [0.15, 0.2) is 24.3 Å². The second-order valence-electron chi connectivity index (χ2n) is 5.69. The lowest BCUT2D eigenvalue weighted by molar-refractivity contribution is -0.384. The fraction of sp³-hybridized carbons (Fsp3) is 0.533. The summed E-state index contributed by atoms with van der Waals surface area (Å²) in [6.07, 6.45) is 3.85. The minimum absolute atomic E-state index is 0.0991. The topological polar surface area (TPSA) is 90.7 Å². The van der Waals surface area contributed by atoms with Gasteiger partial charge in [-0.3, -0.25) is 14.9 Å². The molecule has 1 N–H and O–H groups in total. The zero-order chi connectivity index (χ0) is 15.6. The second-order valence-corrected chi connectivity index (χ2v) is 5.69. The van der Waals surface area contributed by atoms with Gasteiger partial charge in [0.2, 0.25) is 0 Å². The van der Waals surface area contributed by atoms with Gasteiger partial charge in [0.05, 0.1) is 11.5 Å². The highest BCUT2D eigenvalue weighted by molar-refractivity contribution is 5.94. The van der Waals surface area contributed by atoms with Gasteiger partial charge in [0.25, 0.3) is 11.6 Å². The zero-order valence-corrected chi connectivity index (χ0v) is 12.1. The van der Waals surface area contributed by atoms with Gasteiger partial charge in [-0.25, -0.2) is 0 Å². The first kappa shape index (κ1) is 14.9. The Morgan fingerprint density at radius 3 is 2.91 bits per heavy atom. The van der Waals surface area contributed by atoms with Crippen molar-refractivity contribution >= 4 is 11.6 Å². The summed E-state index contributed by atoms with van der Waals surface area (Å²) in [5.74, 6) is -0.791. The van der Waals surface area contributed by atoms with E-state index in [1.807, 2.05) is 0 Å². The van der Waals surface area contributed by atoms with Crippen LogP contribution in [0.4, 0.5) is 5.69 Å². The van der Waals surface area contributed by atoms with Crippen LogP contribution in [0.3, 0.4) is 0 Å². The standard InChI is InChI=1S/C15H18N2O5/c18-14(11-4-3-5-12(8-11)17(19)20)16-9-13-10-21-15(22-13)6-1-2-7-15/h3-5,8,13H,1-2,6-7,9-10H2,(H,16,18). The molecular formula is C15H18N2O5. The van der Waals surface area contributed by atoms with E-state index < -0.39 is 10.7 Å². The van der Waals surface area contributed by atoms with Crippen LogP contribution in [0.1, 0.15) is 36.0 Å². The number of nitrogens with one attached hydrogen (secondary N) is 1. The van der Waals surface area contributed by atoms with Gasteiger partial charge in [-0.15, -0.1) is 0 Å². The van der Waals surface area contributed by atoms with Crippen LogP contribution in [-0.2, 0) is 9.47 Å². The van der Waals surface area contributed by atoms with E-state index in [1.54, 1.807) is 6.07 Å². The van der Waals surface area contributed by atoms with E-state index in [-0.39, 0.29) is 23.3 Å². The van der Waals surface area contributed by atoms with Crippen LogP contribution in [0.25, 0.3) is 0 Å². The summed E-state index contributed by atoms with van der Waals surface area (Å²) in [4.78, 5) is 22.3. The third kappa shape index (κ3) is 3.10. The van der Waals surface area contributed by atoms with Crippen LogP contribution in [0.5, 0.6) is 0 Å².